The van der Waals surface area contributed by atoms with Crippen LogP contribution in [0.15, 0.2) is 29.3 Å². The Morgan fingerprint density at radius 3 is 2.61 bits per heavy atom. The molecule has 4 N–H and O–H groups in total. The van der Waals surface area contributed by atoms with E-state index in [9.17, 15) is 9.18 Å². The zero-order valence-corrected chi connectivity index (χ0v) is 20.9. The molecule has 1 aromatic rings. The lowest BCUT2D eigenvalue weighted by Gasteiger charge is -2.30. The molecule has 1 aromatic carbocycles. The first-order valence-electron chi connectivity index (χ1n) is 11.3. The minimum atomic E-state index is -0.174. The Morgan fingerprint density at radius 1 is 1.26 bits per heavy atom. The maximum Gasteiger partial charge on any atom is 0.220 e. The monoisotopic (exact) mass is 545 g/mol. The van der Waals surface area contributed by atoms with E-state index in [1.165, 1.54) is 6.07 Å². The number of nitrogens with zero attached hydrogens (tertiary/aromatic N) is 2. The van der Waals surface area contributed by atoms with Crippen molar-refractivity contribution in [1.29, 1.82) is 0 Å². The van der Waals surface area contributed by atoms with Crippen molar-refractivity contribution < 1.29 is 9.18 Å². The summed E-state index contributed by atoms with van der Waals surface area (Å²) in [5.74, 6) is 0.567. The Hall–Kier alpha value is -1.42. The molecule has 174 valence electrons. The van der Waals surface area contributed by atoms with Gasteiger partial charge in [-0.1, -0.05) is 12.1 Å². The fraction of sp³-hybridized carbons (Fsp3) is 0.652. The van der Waals surface area contributed by atoms with Crippen LogP contribution < -0.4 is 16.4 Å². The van der Waals surface area contributed by atoms with Crippen LogP contribution in [-0.4, -0.2) is 56.0 Å². The molecule has 0 atom stereocenters. The van der Waals surface area contributed by atoms with E-state index >= 15 is 0 Å². The van der Waals surface area contributed by atoms with Crippen LogP contribution in [0.3, 0.4) is 0 Å². The van der Waals surface area contributed by atoms with Crippen LogP contribution in [-0.2, 0) is 10.2 Å². The third-order valence-electron chi connectivity index (χ3n) is 6.36. The van der Waals surface area contributed by atoms with Crippen molar-refractivity contribution in [3.8, 4) is 0 Å². The zero-order chi connectivity index (χ0) is 21.4. The van der Waals surface area contributed by atoms with Gasteiger partial charge >= 0.3 is 0 Å². The average molecular weight is 545 g/mol. The minimum Gasteiger partial charge on any atom is -0.369 e. The topological polar surface area (TPSA) is 82.8 Å². The van der Waals surface area contributed by atoms with Gasteiger partial charge in [0.05, 0.1) is 6.54 Å². The second kappa shape index (κ2) is 12.6. The second-order valence-electron chi connectivity index (χ2n) is 8.64. The average Bonchev–Trinajstić information content (AvgIpc) is 3.53. The summed E-state index contributed by atoms with van der Waals surface area (Å²) in [5, 5.41) is 6.74. The molecule has 3 rings (SSSR count). The molecule has 0 aromatic heterocycles. The molecule has 1 saturated heterocycles. The minimum absolute atomic E-state index is 0. The maximum atomic E-state index is 13.6. The van der Waals surface area contributed by atoms with Crippen molar-refractivity contribution in [2.45, 2.75) is 50.9 Å². The number of hydrogen-bond donors (Lipinski definition) is 3. The van der Waals surface area contributed by atoms with Gasteiger partial charge in [0.25, 0.3) is 0 Å². The van der Waals surface area contributed by atoms with Gasteiger partial charge in [-0.2, -0.15) is 0 Å². The summed E-state index contributed by atoms with van der Waals surface area (Å²) in [7, 11) is 0. The van der Waals surface area contributed by atoms with Gasteiger partial charge in [0.2, 0.25) is 5.91 Å². The first-order valence-corrected chi connectivity index (χ1v) is 11.3. The summed E-state index contributed by atoms with van der Waals surface area (Å²) in [5.41, 5.74) is 6.46. The van der Waals surface area contributed by atoms with Crippen molar-refractivity contribution in [2.24, 2.45) is 16.6 Å². The number of primary amides is 1. The number of carbonyl (C=O) groups excluding carboxylic acids is 1. The summed E-state index contributed by atoms with van der Waals surface area (Å²) < 4.78 is 13.6. The van der Waals surface area contributed by atoms with E-state index in [1.807, 2.05) is 6.07 Å². The van der Waals surface area contributed by atoms with E-state index in [1.54, 1.807) is 12.1 Å². The van der Waals surface area contributed by atoms with Gasteiger partial charge < -0.3 is 21.3 Å². The lowest BCUT2D eigenvalue weighted by atomic mass is 9.96. The third kappa shape index (κ3) is 7.89. The molecular weight excluding hydrogens is 508 g/mol. The normalized spacial score (nSPS) is 18.8. The highest BCUT2D eigenvalue weighted by atomic mass is 127. The summed E-state index contributed by atoms with van der Waals surface area (Å²) in [4.78, 5) is 18.5. The number of piperidine rings is 1. The zero-order valence-electron chi connectivity index (χ0n) is 18.5. The molecule has 6 nitrogen and oxygen atoms in total. The molecule has 2 aliphatic rings. The SMILES string of the molecule is CCNC(=NCC1(c2cccc(F)c2)CC1)NCCCCN1CCC(C(N)=O)CC1.I. The van der Waals surface area contributed by atoms with E-state index in [0.29, 0.717) is 6.54 Å². The number of halogens is 2. The molecule has 31 heavy (non-hydrogen) atoms. The number of benzene rings is 1. The first kappa shape index (κ1) is 25.8. The van der Waals surface area contributed by atoms with Crippen LogP contribution in [0.5, 0.6) is 0 Å². The van der Waals surface area contributed by atoms with Crippen molar-refractivity contribution in [2.75, 3.05) is 39.3 Å². The number of nitrogens with one attached hydrogen (secondary N) is 2. The van der Waals surface area contributed by atoms with Gasteiger partial charge in [-0.15, -0.1) is 24.0 Å². The Balaban J connectivity index is 0.00000341. The van der Waals surface area contributed by atoms with E-state index in [2.05, 4.69) is 22.5 Å². The van der Waals surface area contributed by atoms with E-state index in [4.69, 9.17) is 10.7 Å². The Morgan fingerprint density at radius 2 is 2.00 bits per heavy atom. The number of carbonyl (C=O) groups is 1. The number of unbranched alkanes of at least 4 members (excludes halogenated alkanes) is 1. The summed E-state index contributed by atoms with van der Waals surface area (Å²) >= 11 is 0. The standard InChI is InChI=1S/C23H36FN5O.HI/c1-2-26-22(28-17-23(10-11-23)19-6-5-7-20(24)16-19)27-12-3-4-13-29-14-8-18(9-15-29)21(25)30;/h5-7,16,18H,2-4,8-15,17H2,1H3,(H2,25,30)(H2,26,27,28);1H. The highest BCUT2D eigenvalue weighted by Crippen LogP contribution is 2.48. The molecule has 0 unspecified atom stereocenters. The molecule has 0 spiro atoms. The van der Waals surface area contributed by atoms with E-state index < -0.39 is 0 Å². The van der Waals surface area contributed by atoms with Crippen LogP contribution in [0.2, 0.25) is 0 Å². The lowest BCUT2D eigenvalue weighted by molar-refractivity contribution is -0.123. The highest BCUT2D eigenvalue weighted by molar-refractivity contribution is 14.0. The Kier molecular flexibility index (Phi) is 10.5. The molecule has 1 amide bonds. The number of likely N-dealkylation sites (tertiary alicyclic amines) is 1. The van der Waals surface area contributed by atoms with Crippen LogP contribution >= 0.6 is 24.0 Å². The molecule has 0 radical (unpaired) electrons. The second-order valence-corrected chi connectivity index (χ2v) is 8.64. The van der Waals surface area contributed by atoms with Crippen molar-refractivity contribution in [3.63, 3.8) is 0 Å². The largest absolute Gasteiger partial charge is 0.369 e. The number of aliphatic imine (C=N–C) groups is 1. The molecule has 1 heterocycles. The summed E-state index contributed by atoms with van der Waals surface area (Å²) in [6, 6.07) is 6.94. The maximum absolute atomic E-state index is 13.6. The van der Waals surface area contributed by atoms with E-state index in [0.717, 1.165) is 82.8 Å². The van der Waals surface area contributed by atoms with Gasteiger partial charge in [0.15, 0.2) is 5.96 Å². The fourth-order valence-corrected chi connectivity index (χ4v) is 4.19. The molecule has 2 fully saturated rings. The third-order valence-corrected chi connectivity index (χ3v) is 6.36. The van der Waals surface area contributed by atoms with Gasteiger partial charge in [-0.25, -0.2) is 4.39 Å². The fourth-order valence-electron chi connectivity index (χ4n) is 4.19. The smallest absolute Gasteiger partial charge is 0.220 e. The summed E-state index contributed by atoms with van der Waals surface area (Å²) in [6.07, 6.45) is 6.07. The van der Waals surface area contributed by atoms with Gasteiger partial charge in [0.1, 0.15) is 5.82 Å². The van der Waals surface area contributed by atoms with Gasteiger partial charge in [-0.05, 0) is 82.8 Å². The molecule has 1 aliphatic heterocycles. The Bertz CT molecular complexity index is 732. The highest BCUT2D eigenvalue weighted by Gasteiger charge is 2.44. The molecule has 8 heteroatoms. The van der Waals surface area contributed by atoms with Crippen molar-refractivity contribution >= 4 is 35.8 Å². The predicted molar refractivity (Wildman–Crippen MR) is 134 cm³/mol. The predicted octanol–water partition coefficient (Wildman–Crippen LogP) is 3.01. The first-order chi connectivity index (χ1) is 14.5. The van der Waals surface area contributed by atoms with Crippen LogP contribution in [0.1, 0.15) is 51.0 Å². The summed E-state index contributed by atoms with van der Waals surface area (Å²) in [6.45, 7) is 7.42. The molecule has 1 saturated carbocycles. The number of hydrogen-bond acceptors (Lipinski definition) is 3. The number of amides is 1. The van der Waals surface area contributed by atoms with Gasteiger partial charge in [-0.3, -0.25) is 9.79 Å². The van der Waals surface area contributed by atoms with Crippen molar-refractivity contribution in [1.82, 2.24) is 15.5 Å². The quantitative estimate of drug-likeness (QED) is 0.183. The van der Waals surface area contributed by atoms with Crippen LogP contribution in [0.4, 0.5) is 4.39 Å². The van der Waals surface area contributed by atoms with E-state index in [-0.39, 0.29) is 47.0 Å². The van der Waals surface area contributed by atoms with Gasteiger partial charge in [0, 0.05) is 24.4 Å². The van der Waals surface area contributed by atoms with Crippen molar-refractivity contribution in [3.05, 3.63) is 35.6 Å². The number of guanidine groups is 1. The Labute approximate surface area is 202 Å². The van der Waals surface area contributed by atoms with Crippen LogP contribution in [0.25, 0.3) is 0 Å². The molecule has 0 bridgehead atoms. The molecule has 1 aliphatic carbocycles. The number of nitrogens with two attached hydrogens (primary N) is 1. The number of rotatable bonds is 10. The lowest BCUT2D eigenvalue weighted by Crippen LogP contribution is -2.40. The molecular formula is C23H37FIN5O. The van der Waals surface area contributed by atoms with Crippen LogP contribution in [0, 0.1) is 11.7 Å².